The van der Waals surface area contributed by atoms with Crippen molar-refractivity contribution < 1.29 is 29.7 Å². The Bertz CT molecular complexity index is 1090. The van der Waals surface area contributed by atoms with Crippen LogP contribution in [0.4, 0.5) is 5.13 Å². The van der Waals surface area contributed by atoms with E-state index in [9.17, 15) is 29.4 Å². The fourth-order valence-electron chi connectivity index (χ4n) is 3.58. The van der Waals surface area contributed by atoms with Crippen LogP contribution in [0.5, 0.6) is 11.6 Å². The molecular formula is C19H22N4O7S. The van der Waals surface area contributed by atoms with Gasteiger partial charge in [-0.05, 0) is 19.8 Å². The number of carboxylic acid groups (broad SMARTS) is 1. The van der Waals surface area contributed by atoms with E-state index in [2.05, 4.69) is 10.3 Å². The molecule has 11 nitrogen and oxygen atoms in total. The summed E-state index contributed by atoms with van der Waals surface area (Å²) < 4.78 is 0.941. The van der Waals surface area contributed by atoms with Crippen molar-refractivity contribution in [3.63, 3.8) is 0 Å². The number of anilines is 1. The Hall–Kier alpha value is -3.41. The van der Waals surface area contributed by atoms with Crippen LogP contribution in [0.25, 0.3) is 0 Å². The predicted molar refractivity (Wildman–Crippen MR) is 111 cm³/mol. The zero-order valence-electron chi connectivity index (χ0n) is 16.7. The molecule has 2 amide bonds. The molecule has 166 valence electrons. The number of hydrogen-bond donors (Lipinski definition) is 5. The molecule has 12 heteroatoms. The topological polar surface area (TPSA) is 171 Å². The molecule has 3 rings (SSSR count). The summed E-state index contributed by atoms with van der Waals surface area (Å²) in [6.45, 7) is 0.936. The Balaban J connectivity index is 2.12. The minimum atomic E-state index is -1.34. The van der Waals surface area contributed by atoms with Gasteiger partial charge in [0.15, 0.2) is 10.9 Å². The number of thiazole rings is 1. The number of hydrogen-bond acceptors (Lipinski definition) is 8. The molecule has 2 aromatic heterocycles. The quantitative estimate of drug-likeness (QED) is 0.441. The van der Waals surface area contributed by atoms with Crippen LogP contribution in [0.3, 0.4) is 0 Å². The zero-order valence-corrected chi connectivity index (χ0v) is 17.5. The monoisotopic (exact) mass is 450 g/mol. The van der Waals surface area contributed by atoms with Gasteiger partial charge in [0.25, 0.3) is 17.4 Å². The fourth-order valence-corrected chi connectivity index (χ4v) is 4.26. The SMILES string of the molecule is Cc1csc(NC(=O)c2c(O)c(C(=O)NCC(=O)O)c(O)n(C3CCCCC3)c2=O)n1. The molecule has 1 aliphatic rings. The first-order chi connectivity index (χ1) is 14.7. The summed E-state index contributed by atoms with van der Waals surface area (Å²) in [6.07, 6.45) is 3.62. The van der Waals surface area contributed by atoms with Crippen LogP contribution in [-0.2, 0) is 4.79 Å². The second-order valence-corrected chi connectivity index (χ2v) is 8.07. The number of pyridine rings is 1. The molecule has 1 saturated carbocycles. The molecule has 0 saturated heterocycles. The van der Waals surface area contributed by atoms with Crippen LogP contribution in [0.1, 0.15) is 64.6 Å². The second kappa shape index (κ2) is 9.16. The molecule has 0 unspecified atom stereocenters. The van der Waals surface area contributed by atoms with Gasteiger partial charge in [-0.25, -0.2) is 4.98 Å². The summed E-state index contributed by atoms with van der Waals surface area (Å²) in [7, 11) is 0. The highest BCUT2D eigenvalue weighted by Gasteiger charge is 2.33. The highest BCUT2D eigenvalue weighted by molar-refractivity contribution is 7.13. The van der Waals surface area contributed by atoms with Crippen LogP contribution in [-0.4, -0.2) is 49.2 Å². The Morgan fingerprint density at radius 3 is 2.42 bits per heavy atom. The third-order valence-electron chi connectivity index (χ3n) is 4.99. The number of carbonyl (C=O) groups is 3. The zero-order chi connectivity index (χ0) is 22.7. The van der Waals surface area contributed by atoms with Crippen molar-refractivity contribution in [2.24, 2.45) is 0 Å². The van der Waals surface area contributed by atoms with Crippen LogP contribution in [0.15, 0.2) is 10.2 Å². The van der Waals surface area contributed by atoms with Crippen molar-refractivity contribution in [2.75, 3.05) is 11.9 Å². The first kappa shape index (κ1) is 22.3. The number of nitrogens with one attached hydrogen (secondary N) is 2. The summed E-state index contributed by atoms with van der Waals surface area (Å²) in [5.41, 5.74) is -1.75. The first-order valence-corrected chi connectivity index (χ1v) is 10.5. The van der Waals surface area contributed by atoms with E-state index in [1.54, 1.807) is 12.3 Å². The van der Waals surface area contributed by atoms with E-state index in [-0.39, 0.29) is 5.13 Å². The molecule has 1 fully saturated rings. The van der Waals surface area contributed by atoms with E-state index in [4.69, 9.17) is 5.11 Å². The van der Waals surface area contributed by atoms with E-state index in [0.29, 0.717) is 18.5 Å². The van der Waals surface area contributed by atoms with Crippen LogP contribution in [0, 0.1) is 6.92 Å². The van der Waals surface area contributed by atoms with Gasteiger partial charge in [-0.15, -0.1) is 11.3 Å². The molecule has 31 heavy (non-hydrogen) atoms. The van der Waals surface area contributed by atoms with E-state index in [1.165, 1.54) is 0 Å². The van der Waals surface area contributed by atoms with Crippen LogP contribution >= 0.6 is 11.3 Å². The Labute approximate surface area is 180 Å². The fraction of sp³-hybridized carbons (Fsp3) is 0.421. The van der Waals surface area contributed by atoms with E-state index < -0.39 is 58.7 Å². The van der Waals surface area contributed by atoms with Crippen molar-refractivity contribution in [2.45, 2.75) is 45.1 Å². The summed E-state index contributed by atoms with van der Waals surface area (Å²) in [4.78, 5) is 53.3. The minimum Gasteiger partial charge on any atom is -0.506 e. The molecule has 2 aromatic rings. The number of rotatable bonds is 6. The molecule has 2 heterocycles. The van der Waals surface area contributed by atoms with E-state index >= 15 is 0 Å². The molecule has 0 atom stereocenters. The molecule has 0 aliphatic heterocycles. The number of aromatic hydroxyl groups is 2. The number of carboxylic acids is 1. The number of amides is 2. The van der Waals surface area contributed by atoms with Crippen LogP contribution < -0.4 is 16.2 Å². The number of aryl methyl sites for hydroxylation is 1. The molecule has 0 bridgehead atoms. The highest BCUT2D eigenvalue weighted by Crippen LogP contribution is 2.35. The smallest absolute Gasteiger partial charge is 0.322 e. The van der Waals surface area contributed by atoms with Crippen molar-refractivity contribution in [3.05, 3.63) is 32.6 Å². The lowest BCUT2D eigenvalue weighted by molar-refractivity contribution is -0.135. The van der Waals surface area contributed by atoms with Crippen molar-refractivity contribution in [3.8, 4) is 11.6 Å². The summed E-state index contributed by atoms with van der Waals surface area (Å²) in [6, 6.07) is -0.471. The van der Waals surface area contributed by atoms with Gasteiger partial charge in [0.2, 0.25) is 5.88 Å². The predicted octanol–water partition coefficient (Wildman–Crippen LogP) is 1.60. The van der Waals surface area contributed by atoms with Gasteiger partial charge in [-0.1, -0.05) is 19.3 Å². The first-order valence-electron chi connectivity index (χ1n) is 9.64. The second-order valence-electron chi connectivity index (χ2n) is 7.21. The third-order valence-corrected chi connectivity index (χ3v) is 5.87. The van der Waals surface area contributed by atoms with Gasteiger partial charge in [-0.3, -0.25) is 29.1 Å². The summed E-state index contributed by atoms with van der Waals surface area (Å²) >= 11 is 1.11. The summed E-state index contributed by atoms with van der Waals surface area (Å²) in [5.74, 6) is -5.29. The van der Waals surface area contributed by atoms with Crippen LogP contribution in [0.2, 0.25) is 0 Å². The standard InChI is InChI=1S/C19H22N4O7S/c1-9-8-31-19(21-9)22-16(28)13-14(26)12(15(27)20-7-11(24)25)17(29)23(18(13)30)10-5-3-2-4-6-10/h8,10,26,29H,2-7H2,1H3,(H,20,27)(H,24,25)(H,21,22,28). The molecule has 0 aromatic carbocycles. The lowest BCUT2D eigenvalue weighted by Crippen LogP contribution is -2.36. The van der Waals surface area contributed by atoms with Gasteiger partial charge in [0.05, 0.1) is 5.69 Å². The number of nitrogens with zero attached hydrogens (tertiary/aromatic N) is 2. The number of aromatic nitrogens is 2. The number of carbonyl (C=O) groups excluding carboxylic acids is 2. The normalized spacial score (nSPS) is 14.2. The highest BCUT2D eigenvalue weighted by atomic mass is 32.1. The van der Waals surface area contributed by atoms with Gasteiger partial charge >= 0.3 is 5.97 Å². The lowest BCUT2D eigenvalue weighted by Gasteiger charge is -2.26. The summed E-state index contributed by atoms with van der Waals surface area (Å²) in [5, 5.41) is 36.4. The molecule has 0 radical (unpaired) electrons. The molecule has 0 spiro atoms. The third kappa shape index (κ3) is 4.68. The molecule has 5 N–H and O–H groups in total. The molecular weight excluding hydrogens is 428 g/mol. The Morgan fingerprint density at radius 2 is 1.84 bits per heavy atom. The van der Waals surface area contributed by atoms with E-state index in [0.717, 1.165) is 35.2 Å². The van der Waals surface area contributed by atoms with Gasteiger partial charge in [0.1, 0.15) is 17.7 Å². The van der Waals surface area contributed by atoms with Gasteiger partial charge in [-0.2, -0.15) is 0 Å². The average molecular weight is 450 g/mol. The van der Waals surface area contributed by atoms with Crippen molar-refractivity contribution in [1.29, 1.82) is 0 Å². The Morgan fingerprint density at radius 1 is 1.16 bits per heavy atom. The largest absolute Gasteiger partial charge is 0.506 e. The lowest BCUT2D eigenvalue weighted by atomic mass is 9.94. The Kier molecular flexibility index (Phi) is 6.59. The van der Waals surface area contributed by atoms with Gasteiger partial charge in [0, 0.05) is 11.4 Å². The molecule has 1 aliphatic carbocycles. The maximum absolute atomic E-state index is 13.1. The maximum atomic E-state index is 13.1. The van der Waals surface area contributed by atoms with Crippen molar-refractivity contribution in [1.82, 2.24) is 14.9 Å². The minimum absolute atomic E-state index is 0.190. The van der Waals surface area contributed by atoms with Gasteiger partial charge < -0.3 is 20.6 Å². The van der Waals surface area contributed by atoms with Crippen molar-refractivity contribution >= 4 is 34.3 Å². The maximum Gasteiger partial charge on any atom is 0.322 e. The van der Waals surface area contributed by atoms with E-state index in [1.807, 2.05) is 5.32 Å². The number of aliphatic carboxylic acids is 1. The average Bonchev–Trinajstić information content (AvgIpc) is 3.11.